The second-order valence-corrected chi connectivity index (χ2v) is 7.22. The van der Waals surface area contributed by atoms with Crippen LogP contribution in [-0.4, -0.2) is 18.2 Å². The van der Waals surface area contributed by atoms with Gasteiger partial charge >= 0.3 is 0 Å². The van der Waals surface area contributed by atoms with Gasteiger partial charge in [0.2, 0.25) is 5.91 Å². The van der Waals surface area contributed by atoms with Crippen molar-refractivity contribution in [3.63, 3.8) is 0 Å². The molecule has 0 spiro atoms. The average molecular weight is 378 g/mol. The summed E-state index contributed by atoms with van der Waals surface area (Å²) in [6.07, 6.45) is 0.433. The van der Waals surface area contributed by atoms with E-state index in [0.717, 1.165) is 21.5 Å². The van der Waals surface area contributed by atoms with Crippen molar-refractivity contribution < 1.29 is 4.79 Å². The summed E-state index contributed by atoms with van der Waals surface area (Å²) in [5, 5.41) is 2.97. The molecule has 116 valence electrons. The molecule has 1 amide bonds. The first-order chi connectivity index (χ1) is 10.6. The van der Waals surface area contributed by atoms with Crippen LogP contribution in [0.5, 0.6) is 0 Å². The molecule has 0 fully saturated rings. The number of thioether (sulfide) groups is 1. The number of carbonyl (C=O) groups is 1. The van der Waals surface area contributed by atoms with Gasteiger partial charge in [0.05, 0.1) is 6.42 Å². The minimum Gasteiger partial charge on any atom is -0.355 e. The molecule has 0 bridgehead atoms. The third kappa shape index (κ3) is 6.24. The number of amides is 1. The summed E-state index contributed by atoms with van der Waals surface area (Å²) in [5.74, 6) is 1.99. The lowest BCUT2D eigenvalue weighted by Gasteiger charge is -2.06. The van der Waals surface area contributed by atoms with Gasteiger partial charge in [-0.1, -0.05) is 57.9 Å². The van der Waals surface area contributed by atoms with Gasteiger partial charge in [-0.2, -0.15) is 11.8 Å². The number of carbonyl (C=O) groups excluding carboxylic acids is 1. The Balaban J connectivity index is 1.62. The van der Waals surface area contributed by atoms with Gasteiger partial charge in [-0.3, -0.25) is 4.79 Å². The summed E-state index contributed by atoms with van der Waals surface area (Å²) in [7, 11) is 0. The van der Waals surface area contributed by atoms with Crippen LogP contribution in [0.2, 0.25) is 0 Å². The van der Waals surface area contributed by atoms with E-state index in [9.17, 15) is 4.79 Å². The van der Waals surface area contributed by atoms with E-state index in [1.54, 1.807) is 0 Å². The van der Waals surface area contributed by atoms with Crippen molar-refractivity contribution in [2.24, 2.45) is 0 Å². The Hall–Kier alpha value is -1.26. The SMILES string of the molecule is Cc1ccc(CSCCNC(=O)Cc2cccc(Br)c2)cc1. The zero-order chi connectivity index (χ0) is 15.8. The quantitative estimate of drug-likeness (QED) is 0.726. The Morgan fingerprint density at radius 1 is 1.14 bits per heavy atom. The molecule has 0 aromatic heterocycles. The fourth-order valence-corrected chi connectivity index (χ4v) is 3.30. The Labute approximate surface area is 144 Å². The number of rotatable bonds is 7. The molecule has 0 atom stereocenters. The zero-order valence-electron chi connectivity index (χ0n) is 12.6. The second kappa shape index (κ2) is 9.01. The summed E-state index contributed by atoms with van der Waals surface area (Å²) in [5.41, 5.74) is 3.64. The van der Waals surface area contributed by atoms with Crippen LogP contribution >= 0.6 is 27.7 Å². The predicted molar refractivity (Wildman–Crippen MR) is 98.2 cm³/mol. The number of aryl methyl sites for hydroxylation is 1. The molecular formula is C18H20BrNOS. The van der Waals surface area contributed by atoms with Gasteiger partial charge in [0, 0.05) is 22.5 Å². The molecule has 0 saturated carbocycles. The first-order valence-corrected chi connectivity index (χ1v) is 9.23. The molecule has 0 aliphatic carbocycles. The lowest BCUT2D eigenvalue weighted by atomic mass is 10.1. The predicted octanol–water partition coefficient (Wildman–Crippen LogP) is 4.35. The van der Waals surface area contributed by atoms with E-state index in [2.05, 4.69) is 52.4 Å². The molecule has 2 aromatic carbocycles. The van der Waals surface area contributed by atoms with E-state index < -0.39 is 0 Å². The maximum absolute atomic E-state index is 11.9. The van der Waals surface area contributed by atoms with Gasteiger partial charge in [0.1, 0.15) is 0 Å². The Bertz CT molecular complexity index is 613. The van der Waals surface area contributed by atoms with Crippen LogP contribution in [0.3, 0.4) is 0 Å². The van der Waals surface area contributed by atoms with Gasteiger partial charge in [0.25, 0.3) is 0 Å². The number of benzene rings is 2. The van der Waals surface area contributed by atoms with Crippen molar-refractivity contribution in [3.05, 3.63) is 69.7 Å². The average Bonchev–Trinajstić information content (AvgIpc) is 2.49. The molecule has 2 aromatic rings. The van der Waals surface area contributed by atoms with Crippen molar-refractivity contribution in [2.75, 3.05) is 12.3 Å². The summed E-state index contributed by atoms with van der Waals surface area (Å²) in [4.78, 5) is 11.9. The van der Waals surface area contributed by atoms with Crippen LogP contribution in [0.1, 0.15) is 16.7 Å². The molecular weight excluding hydrogens is 358 g/mol. The molecule has 22 heavy (non-hydrogen) atoms. The second-order valence-electron chi connectivity index (χ2n) is 5.19. The number of halogens is 1. The molecule has 0 aliphatic rings. The third-order valence-corrected chi connectivity index (χ3v) is 4.74. The van der Waals surface area contributed by atoms with Crippen molar-refractivity contribution in [1.29, 1.82) is 0 Å². The van der Waals surface area contributed by atoms with Crippen LogP contribution in [-0.2, 0) is 17.0 Å². The summed E-state index contributed by atoms with van der Waals surface area (Å²) in [6.45, 7) is 2.81. The van der Waals surface area contributed by atoms with Crippen LogP contribution in [0.4, 0.5) is 0 Å². The van der Waals surface area contributed by atoms with Gasteiger partial charge in [-0.25, -0.2) is 0 Å². The monoisotopic (exact) mass is 377 g/mol. The minimum absolute atomic E-state index is 0.0778. The van der Waals surface area contributed by atoms with Crippen molar-refractivity contribution >= 4 is 33.6 Å². The largest absolute Gasteiger partial charge is 0.355 e. The Morgan fingerprint density at radius 3 is 2.64 bits per heavy atom. The number of nitrogens with one attached hydrogen (secondary N) is 1. The molecule has 0 saturated heterocycles. The maximum atomic E-state index is 11.9. The van der Waals surface area contributed by atoms with Gasteiger partial charge in [0.15, 0.2) is 0 Å². The fraction of sp³-hybridized carbons (Fsp3) is 0.278. The summed E-state index contributed by atoms with van der Waals surface area (Å²) >= 11 is 5.26. The van der Waals surface area contributed by atoms with E-state index in [4.69, 9.17) is 0 Å². The zero-order valence-corrected chi connectivity index (χ0v) is 15.0. The lowest BCUT2D eigenvalue weighted by molar-refractivity contribution is -0.120. The Kier molecular flexibility index (Phi) is 7.00. The highest BCUT2D eigenvalue weighted by molar-refractivity contribution is 9.10. The van der Waals surface area contributed by atoms with Gasteiger partial charge in [-0.15, -0.1) is 0 Å². The molecule has 0 unspecified atom stereocenters. The highest BCUT2D eigenvalue weighted by Gasteiger charge is 2.03. The smallest absolute Gasteiger partial charge is 0.224 e. The molecule has 2 nitrogen and oxygen atoms in total. The van der Waals surface area contributed by atoms with E-state index in [0.29, 0.717) is 13.0 Å². The molecule has 0 heterocycles. The molecule has 2 rings (SSSR count). The molecule has 1 N–H and O–H groups in total. The van der Waals surface area contributed by atoms with E-state index in [1.165, 1.54) is 11.1 Å². The standard InChI is InChI=1S/C18H20BrNOS/c1-14-5-7-15(8-6-14)13-22-10-9-20-18(21)12-16-3-2-4-17(19)11-16/h2-8,11H,9-10,12-13H2,1H3,(H,20,21). The topological polar surface area (TPSA) is 29.1 Å². The van der Waals surface area contributed by atoms with Gasteiger partial charge < -0.3 is 5.32 Å². The highest BCUT2D eigenvalue weighted by atomic mass is 79.9. The summed E-state index contributed by atoms with van der Waals surface area (Å²) < 4.78 is 1.01. The van der Waals surface area contributed by atoms with Gasteiger partial charge in [-0.05, 0) is 30.2 Å². The molecule has 0 aliphatic heterocycles. The third-order valence-electron chi connectivity index (χ3n) is 3.21. The number of hydrogen-bond acceptors (Lipinski definition) is 2. The Morgan fingerprint density at radius 2 is 1.91 bits per heavy atom. The van der Waals surface area contributed by atoms with Crippen LogP contribution in [0.25, 0.3) is 0 Å². The molecule has 4 heteroatoms. The molecule has 0 radical (unpaired) electrons. The first-order valence-electron chi connectivity index (χ1n) is 7.28. The van der Waals surface area contributed by atoms with Crippen LogP contribution < -0.4 is 5.32 Å². The van der Waals surface area contributed by atoms with Crippen LogP contribution in [0.15, 0.2) is 53.0 Å². The minimum atomic E-state index is 0.0778. The first kappa shape index (κ1) is 17.1. The lowest BCUT2D eigenvalue weighted by Crippen LogP contribution is -2.27. The normalized spacial score (nSPS) is 10.5. The highest BCUT2D eigenvalue weighted by Crippen LogP contribution is 2.13. The van der Waals surface area contributed by atoms with E-state index >= 15 is 0 Å². The van der Waals surface area contributed by atoms with Crippen molar-refractivity contribution in [2.45, 2.75) is 19.1 Å². The van der Waals surface area contributed by atoms with Crippen molar-refractivity contribution in [3.8, 4) is 0 Å². The van der Waals surface area contributed by atoms with Crippen molar-refractivity contribution in [1.82, 2.24) is 5.32 Å². The number of hydrogen-bond donors (Lipinski definition) is 1. The fourth-order valence-electron chi connectivity index (χ4n) is 2.03. The van der Waals surface area contributed by atoms with Crippen LogP contribution in [0, 0.1) is 6.92 Å². The van der Waals surface area contributed by atoms with E-state index in [-0.39, 0.29) is 5.91 Å². The van der Waals surface area contributed by atoms with E-state index in [1.807, 2.05) is 36.0 Å². The summed E-state index contributed by atoms with van der Waals surface area (Å²) in [6, 6.07) is 16.4. The maximum Gasteiger partial charge on any atom is 0.224 e.